The number of rotatable bonds is 4. The van der Waals surface area contributed by atoms with Crippen LogP contribution >= 0.6 is 11.3 Å². The number of hydrogen-bond donors (Lipinski definition) is 1. The van der Waals surface area contributed by atoms with Gasteiger partial charge in [0.25, 0.3) is 0 Å². The maximum atomic E-state index is 4.46. The molecule has 0 spiro atoms. The first kappa shape index (κ1) is 13.5. The first-order chi connectivity index (χ1) is 9.36. The highest BCUT2D eigenvalue weighted by molar-refractivity contribution is 7.11. The number of aromatic nitrogens is 2. The van der Waals surface area contributed by atoms with Crippen molar-refractivity contribution in [2.75, 3.05) is 6.54 Å². The molecule has 3 atom stereocenters. The van der Waals surface area contributed by atoms with Crippen molar-refractivity contribution in [2.24, 2.45) is 11.8 Å². The summed E-state index contributed by atoms with van der Waals surface area (Å²) in [6.45, 7) is 4.02. The molecule has 0 aliphatic heterocycles. The summed E-state index contributed by atoms with van der Waals surface area (Å²) in [4.78, 5) is 0. The number of nitrogens with one attached hydrogen (secondary N) is 1. The summed E-state index contributed by atoms with van der Waals surface area (Å²) in [5.41, 5.74) is 0. The van der Waals surface area contributed by atoms with Crippen LogP contribution in [0.25, 0.3) is 0 Å². The Morgan fingerprint density at radius 2 is 1.95 bits per heavy atom. The van der Waals surface area contributed by atoms with Crippen LogP contribution in [-0.4, -0.2) is 16.7 Å². The zero-order valence-corrected chi connectivity index (χ0v) is 12.7. The first-order valence-corrected chi connectivity index (χ1v) is 8.71. The zero-order chi connectivity index (χ0) is 13.1. The minimum atomic E-state index is 0.701. The highest BCUT2D eigenvalue weighted by Crippen LogP contribution is 2.46. The first-order valence-electron chi connectivity index (χ1n) is 7.89. The van der Waals surface area contributed by atoms with Crippen LogP contribution in [0.2, 0.25) is 0 Å². The molecule has 2 aliphatic carbocycles. The van der Waals surface area contributed by atoms with E-state index in [-0.39, 0.29) is 0 Å². The summed E-state index contributed by atoms with van der Waals surface area (Å²) in [6, 6.07) is 0. The van der Waals surface area contributed by atoms with Gasteiger partial charge in [-0.15, -0.1) is 10.2 Å². The van der Waals surface area contributed by atoms with Crippen LogP contribution in [0.5, 0.6) is 0 Å². The molecule has 106 valence electrons. The molecule has 19 heavy (non-hydrogen) atoms. The normalized spacial score (nSPS) is 31.1. The van der Waals surface area contributed by atoms with Crippen molar-refractivity contribution < 1.29 is 0 Å². The smallest absolute Gasteiger partial charge is 0.131 e. The molecular formula is C15H25N3S. The number of hydrogen-bond acceptors (Lipinski definition) is 4. The number of fused-ring (bicyclic) bond motifs is 1. The van der Waals surface area contributed by atoms with E-state index in [4.69, 9.17) is 0 Å². The van der Waals surface area contributed by atoms with Crippen molar-refractivity contribution in [1.29, 1.82) is 0 Å². The maximum Gasteiger partial charge on any atom is 0.131 e. The van der Waals surface area contributed by atoms with Crippen molar-refractivity contribution in [1.82, 2.24) is 15.5 Å². The molecule has 0 radical (unpaired) electrons. The highest BCUT2D eigenvalue weighted by atomic mass is 32.1. The van der Waals surface area contributed by atoms with Crippen LogP contribution in [0.15, 0.2) is 0 Å². The van der Waals surface area contributed by atoms with Gasteiger partial charge in [-0.05, 0) is 37.6 Å². The summed E-state index contributed by atoms with van der Waals surface area (Å²) in [7, 11) is 0. The van der Waals surface area contributed by atoms with Crippen molar-refractivity contribution in [3.63, 3.8) is 0 Å². The Hall–Kier alpha value is -0.480. The molecule has 0 bridgehead atoms. The van der Waals surface area contributed by atoms with Crippen LogP contribution in [0, 0.1) is 11.8 Å². The minimum absolute atomic E-state index is 0.701. The SMILES string of the molecule is CCNCc1nnc(C2CCC3CCCCC3C2)s1. The Kier molecular flexibility index (Phi) is 4.49. The van der Waals surface area contributed by atoms with E-state index in [1.807, 2.05) is 11.3 Å². The van der Waals surface area contributed by atoms with Gasteiger partial charge in [0, 0.05) is 12.5 Å². The third kappa shape index (κ3) is 3.16. The fourth-order valence-electron chi connectivity index (χ4n) is 3.83. The lowest BCUT2D eigenvalue weighted by molar-refractivity contribution is 0.155. The molecule has 3 nitrogen and oxygen atoms in total. The van der Waals surface area contributed by atoms with E-state index < -0.39 is 0 Å². The van der Waals surface area contributed by atoms with Gasteiger partial charge in [-0.3, -0.25) is 0 Å². The Morgan fingerprint density at radius 1 is 1.11 bits per heavy atom. The second-order valence-corrected chi connectivity index (χ2v) is 7.22. The van der Waals surface area contributed by atoms with E-state index in [1.165, 1.54) is 50.0 Å². The van der Waals surface area contributed by atoms with E-state index in [9.17, 15) is 0 Å². The lowest BCUT2D eigenvalue weighted by Crippen LogP contribution is -2.26. The largest absolute Gasteiger partial charge is 0.311 e. The molecule has 4 heteroatoms. The standard InChI is InChI=1S/C15H25N3S/c1-2-16-10-14-17-18-15(19-14)13-8-7-11-5-3-4-6-12(11)9-13/h11-13,16H,2-10H2,1H3. The third-order valence-electron chi connectivity index (χ3n) is 4.90. The Bertz CT molecular complexity index is 404. The van der Waals surface area contributed by atoms with Gasteiger partial charge < -0.3 is 5.32 Å². The second-order valence-electron chi connectivity index (χ2n) is 6.13. The van der Waals surface area contributed by atoms with Crippen molar-refractivity contribution in [2.45, 2.75) is 64.3 Å². The summed E-state index contributed by atoms with van der Waals surface area (Å²) in [5, 5.41) is 14.6. The predicted octanol–water partition coefficient (Wildman–Crippen LogP) is 3.72. The maximum absolute atomic E-state index is 4.46. The van der Waals surface area contributed by atoms with E-state index in [2.05, 4.69) is 22.4 Å². The Labute approximate surface area is 120 Å². The molecule has 2 saturated carbocycles. The molecule has 1 N–H and O–H groups in total. The summed E-state index contributed by atoms with van der Waals surface area (Å²) >= 11 is 1.83. The van der Waals surface area contributed by atoms with Gasteiger partial charge >= 0.3 is 0 Å². The quantitative estimate of drug-likeness (QED) is 0.912. The van der Waals surface area contributed by atoms with Gasteiger partial charge in [-0.25, -0.2) is 0 Å². The molecule has 0 aromatic carbocycles. The van der Waals surface area contributed by atoms with E-state index >= 15 is 0 Å². The van der Waals surface area contributed by atoms with Crippen LogP contribution in [-0.2, 0) is 6.54 Å². The van der Waals surface area contributed by atoms with Gasteiger partial charge in [0.05, 0.1) is 0 Å². The molecule has 3 rings (SSSR count). The van der Waals surface area contributed by atoms with Crippen molar-refractivity contribution in [3.05, 3.63) is 10.0 Å². The van der Waals surface area contributed by atoms with Crippen molar-refractivity contribution in [3.8, 4) is 0 Å². The molecule has 1 aromatic rings. The van der Waals surface area contributed by atoms with Crippen LogP contribution < -0.4 is 5.32 Å². The predicted molar refractivity (Wildman–Crippen MR) is 79.3 cm³/mol. The monoisotopic (exact) mass is 279 g/mol. The fraction of sp³-hybridized carbons (Fsp3) is 0.867. The average molecular weight is 279 g/mol. The van der Waals surface area contributed by atoms with Gasteiger partial charge in [0.1, 0.15) is 10.0 Å². The van der Waals surface area contributed by atoms with E-state index in [0.29, 0.717) is 5.92 Å². The summed E-state index contributed by atoms with van der Waals surface area (Å²) in [5.74, 6) is 2.71. The Morgan fingerprint density at radius 3 is 2.79 bits per heavy atom. The Balaban J connectivity index is 1.61. The van der Waals surface area contributed by atoms with E-state index in [0.717, 1.165) is 29.9 Å². The third-order valence-corrected chi connectivity index (χ3v) is 5.98. The molecule has 0 saturated heterocycles. The molecule has 0 amide bonds. The second kappa shape index (κ2) is 6.31. The van der Waals surface area contributed by atoms with Crippen molar-refractivity contribution >= 4 is 11.3 Å². The molecule has 2 aliphatic rings. The molecule has 3 unspecified atom stereocenters. The summed E-state index contributed by atoms with van der Waals surface area (Å²) in [6.07, 6.45) is 10.0. The van der Waals surface area contributed by atoms with Gasteiger partial charge in [0.2, 0.25) is 0 Å². The lowest BCUT2D eigenvalue weighted by Gasteiger charge is -2.38. The fourth-order valence-corrected chi connectivity index (χ4v) is 4.79. The molecule has 2 fully saturated rings. The van der Waals surface area contributed by atoms with Crippen LogP contribution in [0.1, 0.15) is 67.8 Å². The lowest BCUT2D eigenvalue weighted by atomic mass is 9.68. The zero-order valence-electron chi connectivity index (χ0n) is 11.9. The topological polar surface area (TPSA) is 37.8 Å². The minimum Gasteiger partial charge on any atom is -0.311 e. The molecule has 1 aromatic heterocycles. The molecule has 1 heterocycles. The van der Waals surface area contributed by atoms with E-state index in [1.54, 1.807) is 0 Å². The van der Waals surface area contributed by atoms with Gasteiger partial charge in [-0.1, -0.05) is 43.9 Å². The molecular weight excluding hydrogens is 254 g/mol. The van der Waals surface area contributed by atoms with Gasteiger partial charge in [-0.2, -0.15) is 0 Å². The highest BCUT2D eigenvalue weighted by Gasteiger charge is 2.33. The average Bonchev–Trinajstić information content (AvgIpc) is 2.93. The van der Waals surface area contributed by atoms with Crippen LogP contribution in [0.4, 0.5) is 0 Å². The summed E-state index contributed by atoms with van der Waals surface area (Å²) < 4.78 is 0. The van der Waals surface area contributed by atoms with Crippen LogP contribution in [0.3, 0.4) is 0 Å². The van der Waals surface area contributed by atoms with Gasteiger partial charge in [0.15, 0.2) is 0 Å². The number of nitrogens with zero attached hydrogens (tertiary/aromatic N) is 2.